The minimum absolute atomic E-state index is 0.0607. The Bertz CT molecular complexity index is 1890. The van der Waals surface area contributed by atoms with Crippen molar-refractivity contribution >= 4 is 68.7 Å². The van der Waals surface area contributed by atoms with Gasteiger partial charge in [-0.15, -0.1) is 11.8 Å². The highest BCUT2D eigenvalue weighted by Gasteiger charge is 2.53. The number of carbonyl (C=O) groups is 3. The summed E-state index contributed by atoms with van der Waals surface area (Å²) in [5.74, 6) is -2.12. The van der Waals surface area contributed by atoms with Gasteiger partial charge < -0.3 is 40.5 Å². The molecule has 0 saturated carbocycles. The predicted molar refractivity (Wildman–Crippen MR) is 156 cm³/mol. The van der Waals surface area contributed by atoms with Crippen molar-refractivity contribution in [1.82, 2.24) is 24.1 Å². The number of thioether (sulfide) groups is 1. The molecule has 4 aromatic heterocycles. The topological polar surface area (TPSA) is 235 Å². The molecule has 4 aromatic rings. The molecular formula is C26H24N10O6S2. The quantitative estimate of drug-likeness (QED) is 0.0527. The van der Waals surface area contributed by atoms with Crippen molar-refractivity contribution in [1.29, 1.82) is 5.41 Å². The maximum absolute atomic E-state index is 13.2. The van der Waals surface area contributed by atoms with E-state index in [-0.39, 0.29) is 40.5 Å². The number of furan rings is 1. The number of nitrogens with two attached hydrogens (primary N) is 2. The second-order valence-electron chi connectivity index (χ2n) is 9.80. The average Bonchev–Trinajstić information content (AvgIpc) is 3.75. The smallest absolute Gasteiger partial charge is 0.278 e. The van der Waals surface area contributed by atoms with Crippen LogP contribution in [0.25, 0.3) is 10.9 Å². The van der Waals surface area contributed by atoms with E-state index >= 15 is 0 Å². The van der Waals surface area contributed by atoms with Gasteiger partial charge in [-0.05, 0) is 12.1 Å². The molecule has 0 unspecified atom stereocenters. The molecule has 0 aliphatic carbocycles. The van der Waals surface area contributed by atoms with E-state index in [1.165, 1.54) is 25.1 Å². The number of amides is 2. The van der Waals surface area contributed by atoms with Crippen LogP contribution in [0.15, 0.2) is 63.9 Å². The van der Waals surface area contributed by atoms with Gasteiger partial charge in [-0.2, -0.15) is 13.9 Å². The number of pyridine rings is 1. The molecule has 18 heteroatoms. The van der Waals surface area contributed by atoms with Crippen LogP contribution in [0.2, 0.25) is 0 Å². The summed E-state index contributed by atoms with van der Waals surface area (Å²) in [5, 5.41) is 26.5. The van der Waals surface area contributed by atoms with Crippen molar-refractivity contribution in [2.75, 3.05) is 18.6 Å². The molecule has 6 N–H and O–H groups in total. The fraction of sp³-hybridized carbons (Fsp3) is 0.231. The molecule has 1 saturated heterocycles. The van der Waals surface area contributed by atoms with E-state index in [9.17, 15) is 19.5 Å². The number of carbonyl (C=O) groups excluding carboxylic acids is 3. The Kier molecular flexibility index (Phi) is 7.52. The third-order valence-electron chi connectivity index (χ3n) is 7.02. The van der Waals surface area contributed by atoms with Crippen LogP contribution in [-0.2, 0) is 32.3 Å². The van der Waals surface area contributed by atoms with Crippen LogP contribution in [-0.4, -0.2) is 72.4 Å². The number of oxime groups is 1. The molecule has 0 bridgehead atoms. The molecule has 2 amide bonds. The summed E-state index contributed by atoms with van der Waals surface area (Å²) in [6, 6.07) is 4.53. The van der Waals surface area contributed by atoms with E-state index in [2.05, 4.69) is 19.8 Å². The number of hydrogen-bond donors (Lipinski definition) is 4. The molecule has 44 heavy (non-hydrogen) atoms. The van der Waals surface area contributed by atoms with Gasteiger partial charge in [0.05, 0.1) is 23.8 Å². The fourth-order valence-corrected chi connectivity index (χ4v) is 6.78. The maximum Gasteiger partial charge on any atom is 0.278 e. The van der Waals surface area contributed by atoms with Crippen LogP contribution in [0.3, 0.4) is 0 Å². The number of aliphatic carboxylic acids is 1. The average molecular weight is 637 g/mol. The first-order valence-corrected chi connectivity index (χ1v) is 14.8. The lowest BCUT2D eigenvalue weighted by Gasteiger charge is -2.50. The summed E-state index contributed by atoms with van der Waals surface area (Å²) in [7, 11) is 1.24. The number of aromatic nitrogens is 4. The molecule has 2 aliphatic heterocycles. The van der Waals surface area contributed by atoms with Gasteiger partial charge in [0.15, 0.2) is 24.1 Å². The molecule has 0 spiro atoms. The Morgan fingerprint density at radius 3 is 2.89 bits per heavy atom. The van der Waals surface area contributed by atoms with Crippen LogP contribution in [0.5, 0.6) is 0 Å². The number of carboxylic acid groups (broad SMARTS) is 1. The van der Waals surface area contributed by atoms with Crippen molar-refractivity contribution in [2.45, 2.75) is 24.5 Å². The number of hydrogen-bond acceptors (Lipinski definition) is 13. The van der Waals surface area contributed by atoms with Crippen LogP contribution in [0.4, 0.5) is 5.13 Å². The SMILES string of the molecule is CO/N=C(\C(=O)N[C@@H]1C(=O)N2C(C(=O)[O-])=C(C[n+]3ccc4ccn(Cc5cc(C(=N)N)co5)c4c3)CS[C@H]12)c1nsc(N)n1. The van der Waals surface area contributed by atoms with Crippen molar-refractivity contribution in [2.24, 2.45) is 10.9 Å². The Labute approximate surface area is 256 Å². The normalized spacial score (nSPS) is 18.2. The zero-order chi connectivity index (χ0) is 31.1. The summed E-state index contributed by atoms with van der Waals surface area (Å²) < 4.78 is 13.3. The molecule has 0 aromatic carbocycles. The van der Waals surface area contributed by atoms with Crippen LogP contribution in [0.1, 0.15) is 17.1 Å². The summed E-state index contributed by atoms with van der Waals surface area (Å²) in [5.41, 5.74) is 12.5. The first-order valence-electron chi connectivity index (χ1n) is 12.9. The molecule has 0 radical (unpaired) electrons. The van der Waals surface area contributed by atoms with E-state index in [1.54, 1.807) is 6.07 Å². The number of carboxylic acids is 1. The second kappa shape index (κ2) is 11.5. The van der Waals surface area contributed by atoms with E-state index in [0.29, 0.717) is 23.4 Å². The van der Waals surface area contributed by atoms with Crippen LogP contribution >= 0.6 is 23.3 Å². The number of anilines is 1. The van der Waals surface area contributed by atoms with Crippen molar-refractivity contribution in [3.05, 3.63) is 71.5 Å². The minimum atomic E-state index is -1.49. The highest BCUT2D eigenvalue weighted by Crippen LogP contribution is 2.40. The van der Waals surface area contributed by atoms with Gasteiger partial charge in [-0.1, -0.05) is 5.16 Å². The highest BCUT2D eigenvalue weighted by molar-refractivity contribution is 8.00. The highest BCUT2D eigenvalue weighted by atomic mass is 32.2. The van der Waals surface area contributed by atoms with E-state index < -0.39 is 29.2 Å². The minimum Gasteiger partial charge on any atom is -0.543 e. The molecule has 6 rings (SSSR count). The Hall–Kier alpha value is -5.23. The number of fused-ring (bicyclic) bond motifs is 2. The number of β-lactam (4-membered cyclic amide) rings is 1. The summed E-state index contributed by atoms with van der Waals surface area (Å²) in [4.78, 5) is 48.3. The standard InChI is InChI=1S/C26H24N10O6S2/c1-41-32-17(21-31-26(29)44-33-21)22(37)30-18-23(38)36-19(25(39)40)14(11-43-24(18)36)7-34-4-2-12-3-5-35(16(12)9-34)8-15-6-13(10-42-15)20(27)28/h2-6,9-10,18,24H,7-8,11H2,1H3,(H6-,27,28,29,30,31,33,37,39,40)/b32-17-/t18-,24-/m1/s1. The zero-order valence-electron chi connectivity index (χ0n) is 22.9. The predicted octanol–water partition coefficient (Wildman–Crippen LogP) is -1.26. The Morgan fingerprint density at radius 1 is 1.39 bits per heavy atom. The summed E-state index contributed by atoms with van der Waals surface area (Å²) in [6.45, 7) is 0.575. The lowest BCUT2D eigenvalue weighted by molar-refractivity contribution is -0.687. The molecule has 1 fully saturated rings. The van der Waals surface area contributed by atoms with Gasteiger partial charge in [-0.3, -0.25) is 19.9 Å². The largest absolute Gasteiger partial charge is 0.543 e. The van der Waals surface area contributed by atoms with Crippen molar-refractivity contribution in [3.8, 4) is 0 Å². The number of amidine groups is 1. The van der Waals surface area contributed by atoms with Crippen LogP contribution < -0.4 is 26.5 Å². The lowest BCUT2D eigenvalue weighted by Crippen LogP contribution is -2.71. The van der Waals surface area contributed by atoms with Gasteiger partial charge in [-0.25, -0.2) is 0 Å². The van der Waals surface area contributed by atoms with Gasteiger partial charge in [0.25, 0.3) is 11.8 Å². The zero-order valence-corrected chi connectivity index (χ0v) is 24.6. The van der Waals surface area contributed by atoms with Gasteiger partial charge in [0.1, 0.15) is 41.9 Å². The van der Waals surface area contributed by atoms with Crippen LogP contribution in [0, 0.1) is 5.41 Å². The summed E-state index contributed by atoms with van der Waals surface area (Å²) in [6.07, 6.45) is 7.02. The summed E-state index contributed by atoms with van der Waals surface area (Å²) >= 11 is 2.18. The first-order chi connectivity index (χ1) is 21.1. The van der Waals surface area contributed by atoms with E-state index in [1.807, 2.05) is 39.9 Å². The van der Waals surface area contributed by atoms with E-state index in [0.717, 1.165) is 27.3 Å². The second-order valence-corrected chi connectivity index (χ2v) is 11.7. The number of nitrogens with zero attached hydrogens (tertiary/aromatic N) is 6. The third-order valence-corrected chi connectivity index (χ3v) is 8.90. The van der Waals surface area contributed by atoms with Gasteiger partial charge in [0.2, 0.25) is 11.5 Å². The molecule has 2 aliphatic rings. The number of nitrogen functional groups attached to an aromatic ring is 2. The van der Waals surface area contributed by atoms with Gasteiger partial charge >= 0.3 is 0 Å². The van der Waals surface area contributed by atoms with Crippen molar-refractivity contribution in [3.63, 3.8) is 0 Å². The fourth-order valence-electron chi connectivity index (χ4n) is 5.01. The number of rotatable bonds is 10. The third kappa shape index (κ3) is 5.24. The Balaban J connectivity index is 1.21. The molecule has 2 atom stereocenters. The van der Waals surface area contributed by atoms with Gasteiger partial charge in [0, 0.05) is 40.5 Å². The molecule has 16 nitrogen and oxygen atoms in total. The van der Waals surface area contributed by atoms with E-state index in [4.69, 9.17) is 26.1 Å². The maximum atomic E-state index is 13.2. The molecule has 226 valence electrons. The van der Waals surface area contributed by atoms with Crippen molar-refractivity contribution < 1.29 is 33.3 Å². The molecule has 6 heterocycles. The molecular weight excluding hydrogens is 612 g/mol. The lowest BCUT2D eigenvalue weighted by atomic mass is 10.0. The number of nitrogens with one attached hydrogen (secondary N) is 2. The monoisotopic (exact) mass is 636 g/mol. The first kappa shape index (κ1) is 28.9. The Morgan fingerprint density at radius 2 is 2.20 bits per heavy atom.